The minimum absolute atomic E-state index is 0.280. The smallest absolute Gasteiger partial charge is 0.214 e. The van der Waals surface area contributed by atoms with Crippen LogP contribution in [0.5, 0.6) is 0 Å². The van der Waals surface area contributed by atoms with Crippen molar-refractivity contribution in [2.45, 2.75) is 52.1 Å². The van der Waals surface area contributed by atoms with Gasteiger partial charge in [-0.25, -0.2) is 12.7 Å². The van der Waals surface area contributed by atoms with Crippen LogP contribution in [0.25, 0.3) is 0 Å². The fourth-order valence-electron chi connectivity index (χ4n) is 3.51. The minimum Gasteiger partial charge on any atom is -0.376 e. The normalized spacial score (nSPS) is 20.0. The van der Waals surface area contributed by atoms with Gasteiger partial charge in [0, 0.05) is 19.7 Å². The van der Waals surface area contributed by atoms with E-state index in [1.807, 2.05) is 6.92 Å². The largest absolute Gasteiger partial charge is 0.376 e. The zero-order valence-electron chi connectivity index (χ0n) is 15.3. The van der Waals surface area contributed by atoms with E-state index in [2.05, 4.69) is 24.3 Å². The molecular weight excluding hydrogens is 334 g/mol. The van der Waals surface area contributed by atoms with Crippen LogP contribution in [0, 0.1) is 11.8 Å². The Morgan fingerprint density at radius 3 is 2.24 bits per heavy atom. The van der Waals surface area contributed by atoms with Gasteiger partial charge in [0.1, 0.15) is 0 Å². The van der Waals surface area contributed by atoms with Gasteiger partial charge in [-0.2, -0.15) is 0 Å². The Morgan fingerprint density at radius 1 is 1.00 bits per heavy atom. The van der Waals surface area contributed by atoms with Crippen LogP contribution in [0.15, 0.2) is 24.3 Å². The summed E-state index contributed by atoms with van der Waals surface area (Å²) in [6.45, 7) is 4.90. The van der Waals surface area contributed by atoms with E-state index in [0.29, 0.717) is 32.0 Å². The molecule has 1 aromatic rings. The van der Waals surface area contributed by atoms with Crippen molar-refractivity contribution in [3.8, 4) is 0 Å². The lowest BCUT2D eigenvalue weighted by Crippen LogP contribution is -2.40. The second-order valence-corrected chi connectivity index (χ2v) is 9.73. The van der Waals surface area contributed by atoms with Gasteiger partial charge in [-0.3, -0.25) is 0 Å². The predicted octanol–water partition coefficient (Wildman–Crippen LogP) is 3.61. The molecule has 0 N–H and O–H groups in total. The fourth-order valence-corrected chi connectivity index (χ4v) is 5.05. The van der Waals surface area contributed by atoms with E-state index in [0.717, 1.165) is 31.8 Å². The minimum atomic E-state index is -3.03. The number of nitrogens with zero attached hydrogens (tertiary/aromatic N) is 1. The summed E-state index contributed by atoms with van der Waals surface area (Å²) in [6, 6.07) is 8.75. The molecule has 1 aliphatic carbocycles. The van der Waals surface area contributed by atoms with E-state index < -0.39 is 10.0 Å². The van der Waals surface area contributed by atoms with Gasteiger partial charge in [0.15, 0.2) is 0 Å². The van der Waals surface area contributed by atoms with Gasteiger partial charge < -0.3 is 4.74 Å². The summed E-state index contributed by atoms with van der Waals surface area (Å²) in [4.78, 5) is 0. The molecule has 1 saturated carbocycles. The summed E-state index contributed by atoms with van der Waals surface area (Å²) in [5, 5.41) is 0. The first-order chi connectivity index (χ1) is 12.1. The summed E-state index contributed by atoms with van der Waals surface area (Å²) in [7, 11) is -3.03. The Labute approximate surface area is 152 Å². The van der Waals surface area contributed by atoms with Crippen LogP contribution < -0.4 is 0 Å². The molecule has 0 amide bonds. The average molecular weight is 366 g/mol. The fraction of sp³-hybridized carbons (Fsp3) is 0.700. The molecule has 2 fully saturated rings. The molecule has 1 aromatic carbocycles. The zero-order chi connectivity index (χ0) is 17.7. The summed E-state index contributed by atoms with van der Waals surface area (Å²) in [5.41, 5.74) is 2.59. The van der Waals surface area contributed by atoms with Gasteiger partial charge in [0.2, 0.25) is 10.0 Å². The van der Waals surface area contributed by atoms with E-state index in [-0.39, 0.29) is 5.75 Å². The Bertz CT molecular complexity index is 629. The van der Waals surface area contributed by atoms with E-state index in [1.54, 1.807) is 4.31 Å². The van der Waals surface area contributed by atoms with Crippen molar-refractivity contribution in [2.24, 2.45) is 11.8 Å². The molecule has 140 valence electrons. The van der Waals surface area contributed by atoms with Gasteiger partial charge in [0.05, 0.1) is 12.4 Å². The number of hydrogen-bond donors (Lipinski definition) is 0. The summed E-state index contributed by atoms with van der Waals surface area (Å²) < 4.78 is 31.7. The number of sulfonamides is 1. The van der Waals surface area contributed by atoms with Crippen molar-refractivity contribution in [3.05, 3.63) is 35.4 Å². The maximum absolute atomic E-state index is 12.1. The van der Waals surface area contributed by atoms with E-state index >= 15 is 0 Å². The highest BCUT2D eigenvalue weighted by Gasteiger charge is 2.27. The van der Waals surface area contributed by atoms with E-state index in [4.69, 9.17) is 4.74 Å². The van der Waals surface area contributed by atoms with Gasteiger partial charge in [-0.1, -0.05) is 31.2 Å². The number of benzene rings is 1. The molecule has 0 aromatic heterocycles. The van der Waals surface area contributed by atoms with Crippen LogP contribution in [0.4, 0.5) is 0 Å². The third-order valence-corrected chi connectivity index (χ3v) is 7.37. The lowest BCUT2D eigenvalue weighted by molar-refractivity contribution is 0.111. The second-order valence-electron chi connectivity index (χ2n) is 7.64. The number of ether oxygens (including phenoxy) is 1. The van der Waals surface area contributed by atoms with Crippen molar-refractivity contribution in [1.29, 1.82) is 0 Å². The summed E-state index contributed by atoms with van der Waals surface area (Å²) in [6.07, 6.45) is 6.34. The lowest BCUT2D eigenvalue weighted by atomic mass is 9.91. The van der Waals surface area contributed by atoms with Crippen LogP contribution in [0.2, 0.25) is 0 Å². The maximum atomic E-state index is 12.1. The third kappa shape index (κ3) is 5.80. The van der Waals surface area contributed by atoms with Crippen molar-refractivity contribution >= 4 is 10.0 Å². The van der Waals surface area contributed by atoms with Crippen LogP contribution in [-0.4, -0.2) is 38.2 Å². The second kappa shape index (κ2) is 8.65. The highest BCUT2D eigenvalue weighted by molar-refractivity contribution is 7.89. The summed E-state index contributed by atoms with van der Waals surface area (Å²) in [5.74, 6) is 1.68. The first-order valence-electron chi connectivity index (χ1n) is 9.70. The molecule has 0 atom stereocenters. The maximum Gasteiger partial charge on any atom is 0.214 e. The van der Waals surface area contributed by atoms with Gasteiger partial charge in [-0.05, 0) is 61.5 Å². The van der Waals surface area contributed by atoms with Crippen LogP contribution in [-0.2, 0) is 27.8 Å². The molecule has 0 bridgehead atoms. The van der Waals surface area contributed by atoms with Crippen molar-refractivity contribution in [3.63, 3.8) is 0 Å². The molecule has 4 nitrogen and oxygen atoms in total. The molecule has 1 heterocycles. The van der Waals surface area contributed by atoms with Crippen LogP contribution in [0.1, 0.15) is 50.2 Å². The molecule has 5 heteroatoms. The molecule has 0 radical (unpaired) electrons. The molecule has 1 saturated heterocycles. The monoisotopic (exact) mass is 365 g/mol. The molecule has 2 aliphatic rings. The Kier molecular flexibility index (Phi) is 6.53. The lowest BCUT2D eigenvalue weighted by Gasteiger charge is -2.31. The highest BCUT2D eigenvalue weighted by Crippen LogP contribution is 2.29. The predicted molar refractivity (Wildman–Crippen MR) is 101 cm³/mol. The molecule has 0 spiro atoms. The van der Waals surface area contributed by atoms with Crippen molar-refractivity contribution < 1.29 is 13.2 Å². The van der Waals surface area contributed by atoms with Gasteiger partial charge in [0.25, 0.3) is 0 Å². The van der Waals surface area contributed by atoms with Gasteiger partial charge >= 0.3 is 0 Å². The Hall–Kier alpha value is -0.910. The molecule has 1 aliphatic heterocycles. The first-order valence-corrected chi connectivity index (χ1v) is 11.3. The zero-order valence-corrected chi connectivity index (χ0v) is 16.1. The number of hydrogen-bond acceptors (Lipinski definition) is 3. The van der Waals surface area contributed by atoms with E-state index in [1.165, 1.54) is 24.0 Å². The van der Waals surface area contributed by atoms with Crippen molar-refractivity contribution in [1.82, 2.24) is 4.31 Å². The molecular formula is C20H31NO3S. The van der Waals surface area contributed by atoms with Gasteiger partial charge in [-0.15, -0.1) is 0 Å². The first kappa shape index (κ1) is 18.9. The summed E-state index contributed by atoms with van der Waals surface area (Å²) >= 11 is 0. The number of piperidine rings is 1. The van der Waals surface area contributed by atoms with E-state index in [9.17, 15) is 8.42 Å². The Balaban J connectivity index is 1.42. The highest BCUT2D eigenvalue weighted by atomic mass is 32.2. The quantitative estimate of drug-likeness (QED) is 0.672. The van der Waals surface area contributed by atoms with Crippen LogP contribution >= 0.6 is 0 Å². The third-order valence-electron chi connectivity index (χ3n) is 5.30. The molecule has 0 unspecified atom stereocenters. The average Bonchev–Trinajstić information content (AvgIpc) is 3.41. The molecule has 25 heavy (non-hydrogen) atoms. The SMILES string of the molecule is CCCS(=O)(=O)N1CCC(Cc2ccc(COCC3CC3)cc2)CC1. The Morgan fingerprint density at radius 2 is 1.64 bits per heavy atom. The molecule has 3 rings (SSSR count). The van der Waals surface area contributed by atoms with Crippen molar-refractivity contribution in [2.75, 3.05) is 25.4 Å². The topological polar surface area (TPSA) is 46.6 Å². The van der Waals surface area contributed by atoms with Crippen LogP contribution in [0.3, 0.4) is 0 Å². The standard InChI is InChI=1S/C20H31NO3S/c1-2-13-25(22,23)21-11-9-18(10-12-21)14-17-3-5-19(6-4-17)15-24-16-20-7-8-20/h3-6,18,20H,2,7-16H2,1H3. The number of rotatable bonds is 9.